The Labute approximate surface area is 136 Å². The van der Waals surface area contributed by atoms with Gasteiger partial charge in [-0.15, -0.1) is 11.8 Å². The van der Waals surface area contributed by atoms with Crippen LogP contribution in [0.15, 0.2) is 41.3 Å². The zero-order valence-electron chi connectivity index (χ0n) is 12.4. The average molecular weight is 318 g/mol. The highest BCUT2D eigenvalue weighted by Crippen LogP contribution is 2.37. The number of rotatable bonds is 3. The number of halogens is 1. The van der Waals surface area contributed by atoms with E-state index >= 15 is 0 Å². The molecule has 1 nitrogen and oxygen atoms in total. The lowest BCUT2D eigenvalue weighted by Gasteiger charge is -2.26. The van der Waals surface area contributed by atoms with Gasteiger partial charge in [-0.05, 0) is 66.5 Å². The first-order chi connectivity index (χ1) is 10.1. The lowest BCUT2D eigenvalue weighted by Crippen LogP contribution is -2.24. The first kappa shape index (κ1) is 15.0. The largest absolute Gasteiger partial charge is 0.306 e. The van der Waals surface area contributed by atoms with E-state index in [9.17, 15) is 0 Å². The van der Waals surface area contributed by atoms with Crippen LogP contribution in [0, 0.1) is 13.8 Å². The fourth-order valence-corrected chi connectivity index (χ4v) is 4.10. The van der Waals surface area contributed by atoms with Gasteiger partial charge in [-0.1, -0.05) is 29.8 Å². The van der Waals surface area contributed by atoms with Crippen molar-refractivity contribution >= 4 is 23.4 Å². The predicted octanol–water partition coefficient (Wildman–Crippen LogP) is 5.28. The second-order valence-electron chi connectivity index (χ2n) is 5.61. The van der Waals surface area contributed by atoms with Crippen LogP contribution in [-0.4, -0.2) is 5.75 Å². The Balaban J connectivity index is 1.78. The summed E-state index contributed by atoms with van der Waals surface area (Å²) in [6.07, 6.45) is 1.16. The number of thioether (sulfide) groups is 1. The molecule has 0 bridgehead atoms. The summed E-state index contributed by atoms with van der Waals surface area (Å²) in [5.74, 6) is 1.17. The highest BCUT2D eigenvalue weighted by atomic mass is 35.5. The van der Waals surface area contributed by atoms with Crippen molar-refractivity contribution < 1.29 is 0 Å². The van der Waals surface area contributed by atoms with Crippen molar-refractivity contribution in [2.45, 2.75) is 37.8 Å². The van der Waals surface area contributed by atoms with Gasteiger partial charge in [0.15, 0.2) is 0 Å². The summed E-state index contributed by atoms with van der Waals surface area (Å²) in [5, 5.41) is 4.55. The Kier molecular flexibility index (Phi) is 4.58. The molecule has 1 unspecified atom stereocenters. The van der Waals surface area contributed by atoms with E-state index in [2.05, 4.69) is 49.5 Å². The number of nitrogens with one attached hydrogen (secondary N) is 1. The van der Waals surface area contributed by atoms with Crippen LogP contribution in [0.5, 0.6) is 0 Å². The summed E-state index contributed by atoms with van der Waals surface area (Å²) in [4.78, 5) is 1.36. The van der Waals surface area contributed by atoms with Crippen molar-refractivity contribution in [2.75, 3.05) is 5.75 Å². The van der Waals surface area contributed by atoms with Gasteiger partial charge in [0.2, 0.25) is 0 Å². The molecule has 0 aliphatic carbocycles. The molecular weight excluding hydrogens is 298 g/mol. The molecule has 2 aromatic rings. The Morgan fingerprint density at radius 3 is 2.95 bits per heavy atom. The minimum Gasteiger partial charge on any atom is -0.306 e. The number of aryl methyl sites for hydroxylation is 1. The zero-order valence-corrected chi connectivity index (χ0v) is 14.0. The Morgan fingerprint density at radius 1 is 1.24 bits per heavy atom. The molecule has 0 spiro atoms. The minimum atomic E-state index is 0.403. The van der Waals surface area contributed by atoms with Crippen LogP contribution in [0.25, 0.3) is 0 Å². The van der Waals surface area contributed by atoms with Crippen molar-refractivity contribution in [3.63, 3.8) is 0 Å². The summed E-state index contributed by atoms with van der Waals surface area (Å²) in [6.45, 7) is 5.29. The van der Waals surface area contributed by atoms with Gasteiger partial charge >= 0.3 is 0 Å². The molecule has 0 saturated heterocycles. The van der Waals surface area contributed by atoms with Gasteiger partial charge in [-0.2, -0.15) is 0 Å². The molecule has 1 atom stereocenters. The Bertz CT molecular complexity index is 654. The highest BCUT2D eigenvalue weighted by Gasteiger charge is 2.20. The van der Waals surface area contributed by atoms with Crippen LogP contribution >= 0.6 is 23.4 Å². The molecular formula is C18H20ClNS. The van der Waals surface area contributed by atoms with E-state index in [1.54, 1.807) is 0 Å². The molecule has 3 rings (SSSR count). The van der Waals surface area contributed by atoms with Crippen molar-refractivity contribution in [2.24, 2.45) is 0 Å². The first-order valence-electron chi connectivity index (χ1n) is 7.36. The second-order valence-corrected chi connectivity index (χ2v) is 7.18. The van der Waals surface area contributed by atoms with Crippen molar-refractivity contribution in [3.05, 3.63) is 63.7 Å². The normalized spacial score (nSPS) is 17.6. The SMILES string of the molecule is Cc1cccc(CNC2CCSc3ccc(Cl)cc32)c1C. The lowest BCUT2D eigenvalue weighted by atomic mass is 10.0. The van der Waals surface area contributed by atoms with Crippen LogP contribution in [0.2, 0.25) is 5.02 Å². The number of hydrogen-bond donors (Lipinski definition) is 1. The summed E-state index contributed by atoms with van der Waals surface area (Å²) < 4.78 is 0. The summed E-state index contributed by atoms with van der Waals surface area (Å²) in [5.41, 5.74) is 5.49. The molecule has 1 aliphatic rings. The van der Waals surface area contributed by atoms with Gasteiger partial charge in [0.25, 0.3) is 0 Å². The lowest BCUT2D eigenvalue weighted by molar-refractivity contribution is 0.509. The van der Waals surface area contributed by atoms with Gasteiger partial charge < -0.3 is 5.32 Å². The van der Waals surface area contributed by atoms with Crippen LogP contribution in [0.1, 0.15) is 34.7 Å². The van der Waals surface area contributed by atoms with E-state index in [-0.39, 0.29) is 0 Å². The summed E-state index contributed by atoms with van der Waals surface area (Å²) in [6, 6.07) is 13.2. The molecule has 3 heteroatoms. The molecule has 21 heavy (non-hydrogen) atoms. The molecule has 2 aromatic carbocycles. The third-order valence-corrected chi connectivity index (χ3v) is 5.62. The number of benzene rings is 2. The maximum Gasteiger partial charge on any atom is 0.0410 e. The van der Waals surface area contributed by atoms with E-state index in [1.165, 1.54) is 32.9 Å². The molecule has 0 saturated carbocycles. The molecule has 0 amide bonds. The first-order valence-corrected chi connectivity index (χ1v) is 8.72. The highest BCUT2D eigenvalue weighted by molar-refractivity contribution is 7.99. The molecule has 1 N–H and O–H groups in total. The van der Waals surface area contributed by atoms with Crippen LogP contribution in [-0.2, 0) is 6.54 Å². The number of hydrogen-bond acceptors (Lipinski definition) is 2. The summed E-state index contributed by atoms with van der Waals surface area (Å²) in [7, 11) is 0. The van der Waals surface area contributed by atoms with Gasteiger partial charge in [-0.3, -0.25) is 0 Å². The molecule has 0 radical (unpaired) electrons. The van der Waals surface area contributed by atoms with Gasteiger partial charge in [0.05, 0.1) is 0 Å². The molecule has 110 valence electrons. The second kappa shape index (κ2) is 6.43. The maximum absolute atomic E-state index is 6.17. The van der Waals surface area contributed by atoms with Crippen LogP contribution < -0.4 is 5.32 Å². The minimum absolute atomic E-state index is 0.403. The van der Waals surface area contributed by atoms with Crippen LogP contribution in [0.4, 0.5) is 0 Å². The molecule has 0 aromatic heterocycles. The monoisotopic (exact) mass is 317 g/mol. The van der Waals surface area contributed by atoms with Gasteiger partial charge in [0, 0.05) is 22.5 Å². The topological polar surface area (TPSA) is 12.0 Å². The van der Waals surface area contributed by atoms with Crippen molar-refractivity contribution in [1.29, 1.82) is 0 Å². The van der Waals surface area contributed by atoms with Gasteiger partial charge in [-0.25, -0.2) is 0 Å². The van der Waals surface area contributed by atoms with E-state index in [4.69, 9.17) is 11.6 Å². The molecule has 0 fully saturated rings. The number of fused-ring (bicyclic) bond motifs is 1. The van der Waals surface area contributed by atoms with E-state index < -0.39 is 0 Å². The third kappa shape index (κ3) is 3.28. The zero-order chi connectivity index (χ0) is 14.8. The van der Waals surface area contributed by atoms with Crippen molar-refractivity contribution in [1.82, 2.24) is 5.32 Å². The Morgan fingerprint density at radius 2 is 2.10 bits per heavy atom. The molecule has 1 heterocycles. The standard InChI is InChI=1S/C18H20ClNS/c1-12-4-3-5-14(13(12)2)11-20-17-8-9-21-18-7-6-15(19)10-16(17)18/h3-7,10,17,20H,8-9,11H2,1-2H3. The summed E-state index contributed by atoms with van der Waals surface area (Å²) >= 11 is 8.10. The third-order valence-electron chi connectivity index (χ3n) is 4.27. The molecule has 1 aliphatic heterocycles. The van der Waals surface area contributed by atoms with E-state index in [1.807, 2.05) is 17.8 Å². The predicted molar refractivity (Wildman–Crippen MR) is 92.3 cm³/mol. The van der Waals surface area contributed by atoms with Crippen molar-refractivity contribution in [3.8, 4) is 0 Å². The van der Waals surface area contributed by atoms with E-state index in [0.717, 1.165) is 18.0 Å². The average Bonchev–Trinajstić information content (AvgIpc) is 2.49. The van der Waals surface area contributed by atoms with E-state index in [0.29, 0.717) is 6.04 Å². The van der Waals surface area contributed by atoms with Gasteiger partial charge in [0.1, 0.15) is 0 Å². The fourth-order valence-electron chi connectivity index (χ4n) is 2.81. The fraction of sp³-hybridized carbons (Fsp3) is 0.333. The maximum atomic E-state index is 6.17. The quantitative estimate of drug-likeness (QED) is 0.826. The van der Waals surface area contributed by atoms with Crippen LogP contribution in [0.3, 0.4) is 0 Å². The Hall–Kier alpha value is -0.960. The smallest absolute Gasteiger partial charge is 0.0410 e.